The fraction of sp³-hybridized carbons (Fsp3) is 0.870. The molecule has 3 fully saturated rings. The molecule has 2 aliphatic heterocycles. The highest BCUT2D eigenvalue weighted by Crippen LogP contribution is 2.46. The second-order valence-corrected chi connectivity index (χ2v) is 12.5. The van der Waals surface area contributed by atoms with E-state index in [1.54, 1.807) is 0 Å². The first-order valence-electron chi connectivity index (χ1n) is 11.6. The van der Waals surface area contributed by atoms with Gasteiger partial charge in [-0.2, -0.15) is 0 Å². The van der Waals surface area contributed by atoms with Crippen LogP contribution in [-0.4, -0.2) is 54.9 Å². The number of allylic oxidation sites excluding steroid dienone is 2. The largest absolute Gasteiger partial charge is 0.374 e. The third-order valence-corrected chi connectivity index (χ3v) is 9.80. The maximum atomic E-state index is 13.0. The molecule has 1 saturated carbocycles. The Bertz CT molecular complexity index is 724. The molecule has 30 heavy (non-hydrogen) atoms. The van der Waals surface area contributed by atoms with E-state index >= 15 is 0 Å². The van der Waals surface area contributed by atoms with Crippen LogP contribution in [0.25, 0.3) is 0 Å². The minimum absolute atomic E-state index is 0.100. The number of fused-ring (bicyclic) bond motifs is 2. The van der Waals surface area contributed by atoms with Crippen LogP contribution in [0.5, 0.6) is 0 Å². The van der Waals surface area contributed by atoms with Gasteiger partial charge in [0.1, 0.15) is 0 Å². The number of nitrogens with zero attached hydrogens (tertiary/aromatic N) is 1. The number of hydrogen-bond acceptors (Lipinski definition) is 5. The zero-order valence-electron chi connectivity index (χ0n) is 18.8. The summed E-state index contributed by atoms with van der Waals surface area (Å²) < 4.78 is 32.2. The summed E-state index contributed by atoms with van der Waals surface area (Å²) in [7, 11) is -1.71. The van der Waals surface area contributed by atoms with Crippen molar-refractivity contribution in [2.75, 3.05) is 12.8 Å². The van der Waals surface area contributed by atoms with Gasteiger partial charge in [0.15, 0.2) is 9.84 Å². The molecule has 1 aliphatic carbocycles. The number of carbonyl (C=O) groups is 1. The smallest absolute Gasteiger partial charge is 0.251 e. The lowest BCUT2D eigenvalue weighted by Gasteiger charge is -2.30. The normalized spacial score (nSPS) is 30.3. The van der Waals surface area contributed by atoms with Crippen molar-refractivity contribution in [2.24, 2.45) is 17.3 Å². The Hall–Kier alpha value is -0.920. The molecule has 1 amide bonds. The summed E-state index contributed by atoms with van der Waals surface area (Å²) in [6, 6.07) is 0. The lowest BCUT2D eigenvalue weighted by atomic mass is 9.78. The Morgan fingerprint density at radius 1 is 1.07 bits per heavy atom. The highest BCUT2D eigenvalue weighted by Gasteiger charge is 2.50. The molecule has 0 aromatic rings. The summed E-state index contributed by atoms with van der Waals surface area (Å²) in [5, 5.41) is 9.90. The van der Waals surface area contributed by atoms with E-state index in [4.69, 9.17) is 4.74 Å². The highest BCUT2D eigenvalue weighted by atomic mass is 32.2. The number of hydroxylamine groups is 2. The standard InChI is InChI=1S/C23H39NO5S/c1-23(2,22(25)24(3)26)15-9-5-8-12-18-19(21-14-13-20(18)29-21)16-30(27,28)17-10-6-4-7-11-17/h5,8,17-21,26H,4,6-7,9-16H2,1-3H3/t18-,19+,20-,21+/m1/s1. The van der Waals surface area contributed by atoms with Gasteiger partial charge in [-0.15, -0.1) is 0 Å². The van der Waals surface area contributed by atoms with Gasteiger partial charge in [-0.1, -0.05) is 45.3 Å². The van der Waals surface area contributed by atoms with Gasteiger partial charge >= 0.3 is 0 Å². The Balaban J connectivity index is 1.54. The molecular weight excluding hydrogens is 402 g/mol. The van der Waals surface area contributed by atoms with Crippen LogP contribution in [-0.2, 0) is 19.4 Å². The van der Waals surface area contributed by atoms with Crippen molar-refractivity contribution in [3.05, 3.63) is 12.2 Å². The minimum Gasteiger partial charge on any atom is -0.374 e. The van der Waals surface area contributed by atoms with Crippen molar-refractivity contribution in [1.29, 1.82) is 0 Å². The molecule has 4 atom stereocenters. The van der Waals surface area contributed by atoms with Gasteiger partial charge < -0.3 is 4.74 Å². The molecule has 1 N–H and O–H groups in total. The SMILES string of the molecule is CN(O)C(=O)C(C)(C)CCC=CC[C@@H]1[C@H](CS(=O)(=O)C2CCCCC2)[C@@H]2CC[C@H]1O2. The molecule has 2 bridgehead atoms. The van der Waals surface area contributed by atoms with Gasteiger partial charge in [-0.05, 0) is 50.9 Å². The van der Waals surface area contributed by atoms with Crippen LogP contribution in [0.3, 0.4) is 0 Å². The third-order valence-electron chi connectivity index (χ3n) is 7.46. The molecule has 2 saturated heterocycles. The predicted molar refractivity (Wildman–Crippen MR) is 117 cm³/mol. The fourth-order valence-electron chi connectivity index (χ4n) is 5.62. The van der Waals surface area contributed by atoms with Crippen LogP contribution in [0.2, 0.25) is 0 Å². The second kappa shape index (κ2) is 9.70. The zero-order chi connectivity index (χ0) is 21.9. The molecule has 0 unspecified atom stereocenters. The van der Waals surface area contributed by atoms with Gasteiger partial charge in [0.2, 0.25) is 0 Å². The van der Waals surface area contributed by atoms with Crippen molar-refractivity contribution in [1.82, 2.24) is 5.06 Å². The second-order valence-electron chi connectivity index (χ2n) is 10.2. The van der Waals surface area contributed by atoms with E-state index in [0.29, 0.717) is 11.5 Å². The summed E-state index contributed by atoms with van der Waals surface area (Å²) in [6.07, 6.45) is 13.7. The van der Waals surface area contributed by atoms with Gasteiger partial charge in [0.25, 0.3) is 5.91 Å². The molecule has 2 heterocycles. The Morgan fingerprint density at radius 2 is 1.70 bits per heavy atom. The minimum atomic E-state index is -3.06. The van der Waals surface area contributed by atoms with Crippen molar-refractivity contribution in [2.45, 2.75) is 95.5 Å². The van der Waals surface area contributed by atoms with Crippen LogP contribution < -0.4 is 0 Å². The first-order chi connectivity index (χ1) is 14.1. The maximum absolute atomic E-state index is 13.0. The first kappa shape index (κ1) is 23.7. The molecule has 0 spiro atoms. The maximum Gasteiger partial charge on any atom is 0.251 e. The van der Waals surface area contributed by atoms with E-state index in [2.05, 4.69) is 12.2 Å². The molecular formula is C23H39NO5S. The molecule has 7 heteroatoms. The van der Waals surface area contributed by atoms with Crippen LogP contribution in [0.4, 0.5) is 0 Å². The Labute approximate surface area is 181 Å². The third kappa shape index (κ3) is 5.46. The van der Waals surface area contributed by atoms with Crippen molar-refractivity contribution in [3.8, 4) is 0 Å². The van der Waals surface area contributed by atoms with E-state index in [1.165, 1.54) is 7.05 Å². The van der Waals surface area contributed by atoms with Gasteiger partial charge in [-0.25, -0.2) is 13.5 Å². The van der Waals surface area contributed by atoms with E-state index in [0.717, 1.165) is 57.8 Å². The van der Waals surface area contributed by atoms with Crippen molar-refractivity contribution < 1.29 is 23.2 Å². The molecule has 0 aromatic heterocycles. The summed E-state index contributed by atoms with van der Waals surface area (Å²) in [5.41, 5.74) is -0.611. The number of rotatable bonds is 9. The van der Waals surface area contributed by atoms with E-state index in [-0.39, 0.29) is 41.0 Å². The lowest BCUT2D eigenvalue weighted by Crippen LogP contribution is -2.37. The van der Waals surface area contributed by atoms with Crippen molar-refractivity contribution >= 4 is 15.7 Å². The fourth-order valence-corrected chi connectivity index (χ4v) is 7.94. The molecule has 3 rings (SSSR count). The number of sulfone groups is 1. The molecule has 6 nitrogen and oxygen atoms in total. The quantitative estimate of drug-likeness (QED) is 0.330. The number of carbonyl (C=O) groups excluding carboxylic acids is 1. The van der Waals surface area contributed by atoms with Crippen LogP contribution in [0, 0.1) is 17.3 Å². The molecule has 0 aromatic carbocycles. The highest BCUT2D eigenvalue weighted by molar-refractivity contribution is 7.92. The average molecular weight is 442 g/mol. The average Bonchev–Trinajstić information content (AvgIpc) is 3.30. The number of hydrogen-bond donors (Lipinski definition) is 1. The van der Waals surface area contributed by atoms with E-state index in [1.807, 2.05) is 13.8 Å². The monoisotopic (exact) mass is 441 g/mol. The number of amides is 1. The van der Waals surface area contributed by atoms with E-state index in [9.17, 15) is 18.4 Å². The zero-order valence-corrected chi connectivity index (χ0v) is 19.6. The van der Waals surface area contributed by atoms with Crippen molar-refractivity contribution in [3.63, 3.8) is 0 Å². The molecule has 3 aliphatic rings. The Morgan fingerprint density at radius 3 is 2.33 bits per heavy atom. The lowest BCUT2D eigenvalue weighted by molar-refractivity contribution is -0.169. The summed E-state index contributed by atoms with van der Waals surface area (Å²) in [4.78, 5) is 12.0. The molecule has 172 valence electrons. The van der Waals surface area contributed by atoms with E-state index < -0.39 is 15.3 Å². The number of ether oxygens (including phenoxy) is 1. The first-order valence-corrected chi connectivity index (χ1v) is 13.3. The van der Waals surface area contributed by atoms with Gasteiger partial charge in [0.05, 0.1) is 23.2 Å². The van der Waals surface area contributed by atoms with Gasteiger partial charge in [-0.3, -0.25) is 10.0 Å². The summed E-state index contributed by atoms with van der Waals surface area (Å²) >= 11 is 0. The predicted octanol–water partition coefficient (Wildman–Crippen LogP) is 4.13. The molecule has 0 radical (unpaired) electrons. The van der Waals surface area contributed by atoms with Crippen LogP contribution in [0.15, 0.2) is 12.2 Å². The van der Waals surface area contributed by atoms with Crippen LogP contribution >= 0.6 is 0 Å². The topological polar surface area (TPSA) is 83.9 Å². The Kier molecular flexibility index (Phi) is 7.67. The summed E-state index contributed by atoms with van der Waals surface area (Å²) in [5.74, 6) is 0.380. The summed E-state index contributed by atoms with van der Waals surface area (Å²) in [6.45, 7) is 3.68. The van der Waals surface area contributed by atoms with Crippen LogP contribution in [0.1, 0.15) is 78.1 Å². The van der Waals surface area contributed by atoms with Gasteiger partial charge in [0, 0.05) is 18.4 Å².